The molecule has 3 aromatic heterocycles. The highest BCUT2D eigenvalue weighted by Crippen LogP contribution is 2.40. The molecule has 1 aliphatic heterocycles. The summed E-state index contributed by atoms with van der Waals surface area (Å²) in [7, 11) is 1.50. The Kier molecular flexibility index (Phi) is 7.17. The Morgan fingerprint density at radius 3 is 2.60 bits per heavy atom. The molecule has 0 aromatic carbocycles. The molecule has 1 aliphatic carbocycles. The maximum absolute atomic E-state index is 13.7. The number of alkyl halides is 3. The Labute approximate surface area is 239 Å². The summed E-state index contributed by atoms with van der Waals surface area (Å²) in [6, 6.07) is 5.08. The average Bonchev–Trinajstić information content (AvgIpc) is 3.41. The number of aryl methyl sites for hydroxylation is 1. The fourth-order valence-electron chi connectivity index (χ4n) is 5.67. The number of aliphatic hydroxyl groups excluding tert-OH is 1. The lowest BCUT2D eigenvalue weighted by atomic mass is 9.90. The molecule has 0 bridgehead atoms. The number of hydrogen-bond acceptors (Lipinski definition) is 7. The van der Waals surface area contributed by atoms with Crippen LogP contribution in [0.15, 0.2) is 59.1 Å². The van der Waals surface area contributed by atoms with Gasteiger partial charge in [0.2, 0.25) is 0 Å². The highest BCUT2D eigenvalue weighted by atomic mass is 19.4. The highest BCUT2D eigenvalue weighted by Gasteiger charge is 2.37. The summed E-state index contributed by atoms with van der Waals surface area (Å²) in [6.07, 6.45) is 1.65. The first-order valence-electron chi connectivity index (χ1n) is 13.3. The number of pyridine rings is 2. The average molecular weight is 584 g/mol. The molecule has 3 aromatic rings. The van der Waals surface area contributed by atoms with Crippen molar-refractivity contribution in [1.29, 1.82) is 0 Å². The first-order valence-corrected chi connectivity index (χ1v) is 13.3. The number of nitrogens with zero attached hydrogens (tertiary/aromatic N) is 4. The maximum atomic E-state index is 13.7. The molecule has 0 atom stereocenters. The zero-order chi connectivity index (χ0) is 30.6. The largest absolute Gasteiger partial charge is 0.430 e. The molecule has 13 heteroatoms. The number of carbonyl (C=O) groups excluding carboxylic acids is 1. The van der Waals surface area contributed by atoms with E-state index in [2.05, 4.69) is 28.7 Å². The van der Waals surface area contributed by atoms with Gasteiger partial charge in [-0.1, -0.05) is 13.8 Å². The second-order valence-electron chi connectivity index (χ2n) is 11.4. The van der Waals surface area contributed by atoms with Crippen LogP contribution >= 0.6 is 0 Å². The summed E-state index contributed by atoms with van der Waals surface area (Å²) in [4.78, 5) is 32.5. The molecule has 222 valence electrons. The predicted octanol–water partition coefficient (Wildman–Crippen LogP) is 3.14. The van der Waals surface area contributed by atoms with Crippen LogP contribution in [0.2, 0.25) is 0 Å². The first kappa shape index (κ1) is 29.0. The van der Waals surface area contributed by atoms with Gasteiger partial charge in [-0.05, 0) is 59.7 Å². The minimum atomic E-state index is -4.72. The van der Waals surface area contributed by atoms with Crippen molar-refractivity contribution in [3.8, 4) is 11.1 Å². The second-order valence-corrected chi connectivity index (χ2v) is 11.4. The van der Waals surface area contributed by atoms with Gasteiger partial charge in [-0.2, -0.15) is 13.2 Å². The lowest BCUT2D eigenvalue weighted by Crippen LogP contribution is -2.41. The minimum absolute atomic E-state index is 0.0192. The fourth-order valence-corrected chi connectivity index (χ4v) is 5.67. The minimum Gasteiger partial charge on any atom is -0.395 e. The van der Waals surface area contributed by atoms with Crippen LogP contribution in [-0.4, -0.2) is 37.9 Å². The Morgan fingerprint density at radius 1 is 1.17 bits per heavy atom. The van der Waals surface area contributed by atoms with E-state index in [0.717, 1.165) is 18.9 Å². The molecule has 0 spiro atoms. The summed E-state index contributed by atoms with van der Waals surface area (Å²) in [5.74, 6) is -0.144. The number of nitrogens with one attached hydrogen (secondary N) is 1. The Morgan fingerprint density at radius 2 is 1.90 bits per heavy atom. The summed E-state index contributed by atoms with van der Waals surface area (Å²) in [5, 5.41) is 13.1. The van der Waals surface area contributed by atoms with Crippen molar-refractivity contribution in [2.75, 3.05) is 16.8 Å². The number of amides is 1. The van der Waals surface area contributed by atoms with Crippen molar-refractivity contribution < 1.29 is 23.1 Å². The molecule has 4 heterocycles. The normalized spacial score (nSPS) is 16.9. The second kappa shape index (κ2) is 10.4. The lowest BCUT2D eigenvalue weighted by molar-refractivity contribution is -0.0926. The molecule has 6 N–H and O–H groups in total. The number of aliphatic hydroxyl groups is 1. The van der Waals surface area contributed by atoms with E-state index in [-0.39, 0.29) is 22.8 Å². The van der Waals surface area contributed by atoms with E-state index < -0.39 is 24.0 Å². The molecule has 0 fully saturated rings. The highest BCUT2D eigenvalue weighted by molar-refractivity contribution is 6.06. The molecule has 42 heavy (non-hydrogen) atoms. The zero-order valence-electron chi connectivity index (χ0n) is 23.4. The van der Waals surface area contributed by atoms with Crippen LogP contribution < -0.4 is 27.2 Å². The molecular formula is C29H32F3N7O3. The van der Waals surface area contributed by atoms with E-state index in [9.17, 15) is 27.9 Å². The number of fused-ring (bicyclic) bond motifs is 3. The van der Waals surface area contributed by atoms with E-state index in [4.69, 9.17) is 11.5 Å². The number of anilines is 2. The van der Waals surface area contributed by atoms with Crippen molar-refractivity contribution in [3.63, 3.8) is 0 Å². The topological polar surface area (TPSA) is 144 Å². The van der Waals surface area contributed by atoms with Gasteiger partial charge < -0.3 is 31.0 Å². The third-order valence-corrected chi connectivity index (χ3v) is 7.61. The van der Waals surface area contributed by atoms with Crippen LogP contribution in [0.25, 0.3) is 11.1 Å². The Balaban J connectivity index is 1.49. The van der Waals surface area contributed by atoms with Crippen molar-refractivity contribution in [3.05, 3.63) is 87.1 Å². The van der Waals surface area contributed by atoms with Gasteiger partial charge in [0.25, 0.3) is 11.5 Å². The van der Waals surface area contributed by atoms with Gasteiger partial charge in [0.15, 0.2) is 0 Å². The summed E-state index contributed by atoms with van der Waals surface area (Å²) < 4.78 is 41.5. The molecule has 5 rings (SSSR count). The van der Waals surface area contributed by atoms with E-state index in [1.165, 1.54) is 35.1 Å². The van der Waals surface area contributed by atoms with Crippen LogP contribution in [0, 0.1) is 5.41 Å². The zero-order valence-corrected chi connectivity index (χ0v) is 23.4. The number of halogens is 3. The first-order chi connectivity index (χ1) is 19.7. The van der Waals surface area contributed by atoms with Crippen LogP contribution in [-0.2, 0) is 33.0 Å². The van der Waals surface area contributed by atoms with Gasteiger partial charge in [0.05, 0.1) is 6.61 Å². The third-order valence-electron chi connectivity index (χ3n) is 7.61. The number of aromatic nitrogens is 3. The SMILES string of the molecule is Cn1cc(-c2ccnc(N3CCn4c(cc5c4CC(C)(C)C5)C3=O)c2CO)cc(N/C(N)=C/C=C(\N)C(F)(F)F)c1=O. The summed E-state index contributed by atoms with van der Waals surface area (Å²) in [6.45, 7) is 4.95. The van der Waals surface area contributed by atoms with E-state index >= 15 is 0 Å². The number of nitrogens with two attached hydrogens (primary N) is 2. The molecule has 2 aliphatic rings. The van der Waals surface area contributed by atoms with Gasteiger partial charge in [0.1, 0.15) is 28.7 Å². The lowest BCUT2D eigenvalue weighted by Gasteiger charge is -2.31. The molecule has 0 saturated carbocycles. The monoisotopic (exact) mass is 583 g/mol. The Bertz CT molecular complexity index is 1700. The fraction of sp³-hybridized carbons (Fsp3) is 0.345. The summed E-state index contributed by atoms with van der Waals surface area (Å²) >= 11 is 0. The van der Waals surface area contributed by atoms with Crippen molar-refractivity contribution in [1.82, 2.24) is 14.1 Å². The van der Waals surface area contributed by atoms with Crippen LogP contribution in [0.5, 0.6) is 0 Å². The van der Waals surface area contributed by atoms with Gasteiger partial charge in [-0.3, -0.25) is 14.5 Å². The van der Waals surface area contributed by atoms with E-state index in [0.29, 0.717) is 47.4 Å². The molecule has 0 radical (unpaired) electrons. The molecule has 10 nitrogen and oxygen atoms in total. The molecule has 0 saturated heterocycles. The number of carbonyl (C=O) groups is 1. The van der Waals surface area contributed by atoms with Crippen LogP contribution in [0.4, 0.5) is 24.7 Å². The van der Waals surface area contributed by atoms with E-state index in [1.807, 2.05) is 6.07 Å². The van der Waals surface area contributed by atoms with Crippen molar-refractivity contribution in [2.24, 2.45) is 23.9 Å². The molecule has 0 unspecified atom stereocenters. The maximum Gasteiger partial charge on any atom is 0.430 e. The number of hydrogen-bond donors (Lipinski definition) is 4. The van der Waals surface area contributed by atoms with Crippen molar-refractivity contribution >= 4 is 17.4 Å². The van der Waals surface area contributed by atoms with E-state index in [1.54, 1.807) is 17.2 Å². The third kappa shape index (κ3) is 5.27. The quantitative estimate of drug-likeness (QED) is 0.327. The smallest absolute Gasteiger partial charge is 0.395 e. The van der Waals surface area contributed by atoms with Crippen LogP contribution in [0.3, 0.4) is 0 Å². The van der Waals surface area contributed by atoms with Crippen molar-refractivity contribution in [2.45, 2.75) is 46.0 Å². The molecule has 1 amide bonds. The van der Waals surface area contributed by atoms with Gasteiger partial charge in [-0.15, -0.1) is 0 Å². The van der Waals surface area contributed by atoms with Gasteiger partial charge >= 0.3 is 6.18 Å². The number of allylic oxidation sites excluding steroid dienone is 3. The standard InChI is InChI=1S/C29H32F3N7O3/c1-28(2)12-16-11-21-27(42)39(9-8-38(21)22(16)13-28)25-19(15-40)18(6-7-35-25)17-10-20(26(41)37(3)14-17)36-24(34)5-4-23(33)29(30,31)32/h4-7,10-11,14,36,40H,8-9,12-13,15,33-34H2,1-3H3/b23-4-,24-5+. The molecular weight excluding hydrogens is 551 g/mol. The number of rotatable bonds is 6. The van der Waals surface area contributed by atoms with Crippen LogP contribution in [0.1, 0.15) is 41.2 Å². The predicted molar refractivity (Wildman–Crippen MR) is 152 cm³/mol. The van der Waals surface area contributed by atoms with Gasteiger partial charge in [-0.25, -0.2) is 4.98 Å². The summed E-state index contributed by atoms with van der Waals surface area (Å²) in [5.41, 5.74) is 13.5. The Hall–Kier alpha value is -4.52. The van der Waals surface area contributed by atoms with Gasteiger partial charge in [0, 0.05) is 49.4 Å².